The van der Waals surface area contributed by atoms with Crippen molar-refractivity contribution in [1.29, 1.82) is 0 Å². The zero-order valence-corrected chi connectivity index (χ0v) is 21.7. The maximum absolute atomic E-state index is 13.6. The van der Waals surface area contributed by atoms with Crippen LogP contribution < -0.4 is 0 Å². The molecule has 0 bridgehead atoms. The molecule has 2 aromatic heterocycles. The zero-order valence-electron chi connectivity index (χ0n) is 21.7. The van der Waals surface area contributed by atoms with Gasteiger partial charge in [-0.2, -0.15) is 5.10 Å². The molecule has 1 atom stereocenters. The molecule has 0 aliphatic carbocycles. The van der Waals surface area contributed by atoms with Crippen molar-refractivity contribution in [3.05, 3.63) is 53.6 Å². The molecular formula is C27H34FN5O3. The van der Waals surface area contributed by atoms with Crippen LogP contribution in [-0.2, 0) is 4.79 Å². The Labute approximate surface area is 210 Å². The van der Waals surface area contributed by atoms with E-state index in [4.69, 9.17) is 0 Å². The number of halogens is 1. The van der Waals surface area contributed by atoms with Gasteiger partial charge < -0.3 is 14.9 Å². The Hall–Kier alpha value is -3.33. The lowest BCUT2D eigenvalue weighted by Crippen LogP contribution is -2.63. The van der Waals surface area contributed by atoms with E-state index in [1.807, 2.05) is 33.8 Å². The fraction of sp³-hybridized carbons (Fsp3) is 0.481. The molecular weight excluding hydrogens is 461 g/mol. The van der Waals surface area contributed by atoms with Crippen molar-refractivity contribution in [1.82, 2.24) is 24.4 Å². The second-order valence-corrected chi connectivity index (χ2v) is 10.8. The zero-order chi connectivity index (χ0) is 26.4. The van der Waals surface area contributed by atoms with Gasteiger partial charge in [0.2, 0.25) is 0 Å². The summed E-state index contributed by atoms with van der Waals surface area (Å²) in [4.78, 5) is 34.3. The molecule has 1 saturated heterocycles. The summed E-state index contributed by atoms with van der Waals surface area (Å²) in [6.45, 7) is 12.5. The van der Waals surface area contributed by atoms with Crippen LogP contribution in [-0.4, -0.2) is 72.6 Å². The topological polar surface area (TPSA) is 91.0 Å². The van der Waals surface area contributed by atoms with E-state index in [1.54, 1.807) is 46.5 Å². The predicted molar refractivity (Wildman–Crippen MR) is 135 cm³/mol. The first kappa shape index (κ1) is 25.8. The van der Waals surface area contributed by atoms with Gasteiger partial charge in [0, 0.05) is 30.8 Å². The van der Waals surface area contributed by atoms with Crippen molar-refractivity contribution < 1.29 is 19.1 Å². The molecule has 192 valence electrons. The molecule has 1 aromatic carbocycles. The van der Waals surface area contributed by atoms with Gasteiger partial charge >= 0.3 is 0 Å². The quantitative estimate of drug-likeness (QED) is 0.582. The predicted octanol–water partition coefficient (Wildman–Crippen LogP) is 3.74. The van der Waals surface area contributed by atoms with Crippen molar-refractivity contribution in [2.75, 3.05) is 19.6 Å². The van der Waals surface area contributed by atoms with Crippen LogP contribution in [0.1, 0.15) is 63.5 Å². The van der Waals surface area contributed by atoms with Crippen molar-refractivity contribution in [3.8, 4) is 11.3 Å². The number of carbonyl (C=O) groups excluding carboxylic acids is 2. The van der Waals surface area contributed by atoms with Crippen LogP contribution in [0, 0.1) is 11.7 Å². The fourth-order valence-electron chi connectivity index (χ4n) is 4.62. The lowest BCUT2D eigenvalue weighted by atomic mass is 9.96. The summed E-state index contributed by atoms with van der Waals surface area (Å²) in [6.07, 6.45) is 0.574. The standard InChI is InChI=1S/C27H34FN5O3/c1-16(2)20-13-21(18-7-9-19(28)10-8-18)30-33-14-22(29-24(20)33)25(35)32-12-11-31(15-27(32,5)6)26(36)23(34)17(3)4/h7-10,13-14,16-17,23,34H,11-12,15H2,1-6H3. The SMILES string of the molecule is CC(C)c1cc(-c2ccc(F)cc2)nn2cc(C(=O)N3CCN(C(=O)C(O)C(C)C)CC3(C)C)nc12. The highest BCUT2D eigenvalue weighted by Gasteiger charge is 2.41. The van der Waals surface area contributed by atoms with Gasteiger partial charge in [-0.1, -0.05) is 27.7 Å². The number of aromatic nitrogens is 3. The lowest BCUT2D eigenvalue weighted by Gasteiger charge is -2.47. The molecule has 0 radical (unpaired) electrons. The third-order valence-corrected chi connectivity index (χ3v) is 6.78. The van der Waals surface area contributed by atoms with Gasteiger partial charge in [0.1, 0.15) is 17.6 Å². The van der Waals surface area contributed by atoms with Gasteiger partial charge in [-0.3, -0.25) is 9.59 Å². The molecule has 9 heteroatoms. The molecule has 1 fully saturated rings. The molecule has 0 spiro atoms. The van der Waals surface area contributed by atoms with Crippen molar-refractivity contribution in [3.63, 3.8) is 0 Å². The first-order valence-corrected chi connectivity index (χ1v) is 12.3. The van der Waals surface area contributed by atoms with Crippen molar-refractivity contribution in [2.24, 2.45) is 5.92 Å². The summed E-state index contributed by atoms with van der Waals surface area (Å²) in [5.74, 6) is -0.918. The van der Waals surface area contributed by atoms with Gasteiger partial charge in [0.05, 0.1) is 17.4 Å². The van der Waals surface area contributed by atoms with E-state index in [0.717, 1.165) is 11.1 Å². The minimum Gasteiger partial charge on any atom is -0.383 e. The Kier molecular flexibility index (Phi) is 6.88. The Balaban J connectivity index is 1.64. The average molecular weight is 496 g/mol. The van der Waals surface area contributed by atoms with E-state index in [1.165, 1.54) is 12.1 Å². The molecule has 3 heterocycles. The van der Waals surface area contributed by atoms with Crippen LogP contribution in [0.2, 0.25) is 0 Å². The van der Waals surface area contributed by atoms with E-state index < -0.39 is 11.6 Å². The third-order valence-electron chi connectivity index (χ3n) is 6.78. The minimum atomic E-state index is -1.06. The molecule has 1 unspecified atom stereocenters. The number of aliphatic hydroxyl groups excluding tert-OH is 1. The van der Waals surface area contributed by atoms with Crippen LogP contribution in [0.25, 0.3) is 16.9 Å². The Morgan fingerprint density at radius 2 is 1.75 bits per heavy atom. The average Bonchev–Trinajstić information content (AvgIpc) is 3.26. The number of rotatable bonds is 5. The number of imidazole rings is 1. The Morgan fingerprint density at radius 1 is 1.08 bits per heavy atom. The Bertz CT molecular complexity index is 1280. The highest BCUT2D eigenvalue weighted by Crippen LogP contribution is 2.28. The van der Waals surface area contributed by atoms with E-state index in [9.17, 15) is 19.1 Å². The summed E-state index contributed by atoms with van der Waals surface area (Å²) in [6, 6.07) is 8.08. The van der Waals surface area contributed by atoms with E-state index >= 15 is 0 Å². The number of piperazine rings is 1. The fourth-order valence-corrected chi connectivity index (χ4v) is 4.62. The van der Waals surface area contributed by atoms with Crippen LogP contribution in [0.5, 0.6) is 0 Å². The normalized spacial score (nSPS) is 16.7. The smallest absolute Gasteiger partial charge is 0.274 e. The van der Waals surface area contributed by atoms with Crippen LogP contribution in [0.4, 0.5) is 4.39 Å². The van der Waals surface area contributed by atoms with Crippen molar-refractivity contribution >= 4 is 17.5 Å². The maximum atomic E-state index is 13.6. The summed E-state index contributed by atoms with van der Waals surface area (Å²) >= 11 is 0. The number of hydrogen-bond acceptors (Lipinski definition) is 5. The van der Waals surface area contributed by atoms with Gasteiger partial charge in [0.15, 0.2) is 5.65 Å². The van der Waals surface area contributed by atoms with Crippen LogP contribution >= 0.6 is 0 Å². The molecule has 2 amide bonds. The Morgan fingerprint density at radius 3 is 2.33 bits per heavy atom. The van der Waals surface area contributed by atoms with E-state index in [0.29, 0.717) is 31.0 Å². The summed E-state index contributed by atoms with van der Waals surface area (Å²) < 4.78 is 15.0. The largest absolute Gasteiger partial charge is 0.383 e. The molecule has 3 aromatic rings. The van der Waals surface area contributed by atoms with Crippen LogP contribution in [0.15, 0.2) is 36.5 Å². The van der Waals surface area contributed by atoms with E-state index in [2.05, 4.69) is 10.1 Å². The van der Waals surface area contributed by atoms with Gasteiger partial charge in [-0.05, 0) is 56.0 Å². The molecule has 4 rings (SSSR count). The lowest BCUT2D eigenvalue weighted by molar-refractivity contribution is -0.146. The monoisotopic (exact) mass is 495 g/mol. The molecule has 36 heavy (non-hydrogen) atoms. The molecule has 1 aliphatic rings. The van der Waals surface area contributed by atoms with Crippen LogP contribution in [0.3, 0.4) is 0 Å². The first-order valence-electron chi connectivity index (χ1n) is 12.3. The third kappa shape index (κ3) is 4.84. The number of aliphatic hydroxyl groups is 1. The van der Waals surface area contributed by atoms with E-state index in [-0.39, 0.29) is 35.2 Å². The van der Waals surface area contributed by atoms with Crippen molar-refractivity contribution in [2.45, 2.75) is 59.1 Å². The number of amides is 2. The first-order chi connectivity index (χ1) is 16.9. The number of benzene rings is 1. The molecule has 0 saturated carbocycles. The van der Waals surface area contributed by atoms with Gasteiger partial charge in [-0.25, -0.2) is 13.9 Å². The number of carbonyl (C=O) groups is 2. The summed E-state index contributed by atoms with van der Waals surface area (Å²) in [7, 11) is 0. The van der Waals surface area contributed by atoms with Gasteiger partial charge in [-0.15, -0.1) is 0 Å². The molecule has 1 N–H and O–H groups in total. The number of fused-ring (bicyclic) bond motifs is 1. The number of hydrogen-bond donors (Lipinski definition) is 1. The number of nitrogens with zero attached hydrogens (tertiary/aromatic N) is 5. The molecule has 1 aliphatic heterocycles. The summed E-state index contributed by atoms with van der Waals surface area (Å²) in [5.41, 5.74) is 2.60. The highest BCUT2D eigenvalue weighted by atomic mass is 19.1. The second kappa shape index (κ2) is 9.61. The maximum Gasteiger partial charge on any atom is 0.274 e. The highest BCUT2D eigenvalue weighted by molar-refractivity contribution is 5.94. The minimum absolute atomic E-state index is 0.124. The second-order valence-electron chi connectivity index (χ2n) is 10.8. The van der Waals surface area contributed by atoms with Gasteiger partial charge in [0.25, 0.3) is 11.8 Å². The summed E-state index contributed by atoms with van der Waals surface area (Å²) in [5, 5.41) is 14.9. The molecule has 8 nitrogen and oxygen atoms in total.